The molecule has 0 aromatic carbocycles. The number of aliphatic hydroxyl groups is 1. The lowest BCUT2D eigenvalue weighted by atomic mass is 10.0. The summed E-state index contributed by atoms with van der Waals surface area (Å²) in [6, 6.07) is -0.872. The third-order valence-electron chi connectivity index (χ3n) is 14.8. The van der Waals surface area contributed by atoms with E-state index in [0.717, 1.165) is 77.0 Å². The maximum Gasteiger partial charge on any atom is 0.472 e. The largest absolute Gasteiger partial charge is 0.472 e. The van der Waals surface area contributed by atoms with E-state index in [1.165, 1.54) is 199 Å². The average molecular weight is 1140 g/mol. The van der Waals surface area contributed by atoms with Crippen molar-refractivity contribution in [3.63, 3.8) is 0 Å². The number of amides is 1. The fourth-order valence-electron chi connectivity index (χ4n) is 9.59. The Hall–Kier alpha value is -2.58. The highest BCUT2D eigenvalue weighted by Gasteiger charge is 2.28. The van der Waals surface area contributed by atoms with Crippen LogP contribution in [0.4, 0.5) is 0 Å². The highest BCUT2D eigenvalue weighted by molar-refractivity contribution is 7.47. The molecule has 1 amide bonds. The highest BCUT2D eigenvalue weighted by Crippen LogP contribution is 2.43. The molecule has 3 N–H and O–H groups in total. The van der Waals surface area contributed by atoms with Crippen LogP contribution in [0.2, 0.25) is 0 Å². The smallest absolute Gasteiger partial charge is 0.387 e. The molecule has 0 rings (SSSR count). The Labute approximate surface area is 496 Å². The van der Waals surface area contributed by atoms with E-state index in [9.17, 15) is 19.4 Å². The molecular weight excluding hydrogens is 1010 g/mol. The van der Waals surface area contributed by atoms with Crippen molar-refractivity contribution in [2.75, 3.05) is 40.9 Å². The number of hydrogen-bond acceptors (Lipinski definition) is 5. The first-order chi connectivity index (χ1) is 39.0. The first kappa shape index (κ1) is 77.4. The second-order valence-corrected chi connectivity index (χ2v) is 25.3. The number of quaternary nitrogens is 1. The van der Waals surface area contributed by atoms with Gasteiger partial charge in [-0.2, -0.15) is 0 Å². The molecule has 0 aromatic rings. The summed E-state index contributed by atoms with van der Waals surface area (Å²) < 4.78 is 23.8. The molecule has 0 aliphatic carbocycles. The summed E-state index contributed by atoms with van der Waals surface area (Å²) in [6.07, 6.45) is 88.3. The van der Waals surface area contributed by atoms with E-state index in [2.05, 4.69) is 104 Å². The molecule has 0 aliphatic rings. The van der Waals surface area contributed by atoms with Crippen LogP contribution < -0.4 is 5.32 Å². The summed E-state index contributed by atoms with van der Waals surface area (Å²) >= 11 is 0. The molecule has 0 heterocycles. The van der Waals surface area contributed by atoms with E-state index in [1.807, 2.05) is 27.2 Å². The quantitative estimate of drug-likeness (QED) is 0.0243. The number of hydrogen-bond donors (Lipinski definition) is 3. The number of aliphatic hydroxyl groups excluding tert-OH is 1. The van der Waals surface area contributed by atoms with Crippen LogP contribution >= 0.6 is 7.82 Å². The molecule has 0 saturated heterocycles. The van der Waals surface area contributed by atoms with Gasteiger partial charge in [0.1, 0.15) is 13.2 Å². The predicted octanol–water partition coefficient (Wildman–Crippen LogP) is 21.3. The van der Waals surface area contributed by atoms with Crippen molar-refractivity contribution < 1.29 is 32.9 Å². The molecule has 3 atom stereocenters. The van der Waals surface area contributed by atoms with Gasteiger partial charge in [-0.05, 0) is 83.5 Å². The molecule has 9 heteroatoms. The molecule has 0 spiro atoms. The standard InChI is InChI=1S/C71H129N2O6P/c1-6-8-10-12-14-16-18-20-22-24-26-28-30-32-34-35-36-37-39-41-43-45-47-49-51-53-55-57-59-61-63-65-71(75)72-69(68-79-80(76,77)78-67-66-73(3,4)5)70(74)64-62-60-58-56-54-52-50-48-46-44-42-40-38-33-31-29-27-25-23-21-19-17-15-13-11-9-7-2/h8,10,14,16,20,22,26,28,32,34,36-37,54,56,62,64,69-70,74H,6-7,9,11-13,15,17-19,21,23-25,27,29-31,33,35,38-53,55,57-61,63,65-68H2,1-5H3,(H-,72,75,76,77)/p+1/b10-8-,16-14-,22-20-,28-26-,34-32-,37-36-,56-54+,64-62+. The molecule has 0 fully saturated rings. The maximum absolute atomic E-state index is 13.0. The van der Waals surface area contributed by atoms with Crippen LogP contribution in [0.25, 0.3) is 0 Å². The van der Waals surface area contributed by atoms with Crippen molar-refractivity contribution in [3.8, 4) is 0 Å². The van der Waals surface area contributed by atoms with Gasteiger partial charge in [-0.15, -0.1) is 0 Å². The Morgan fingerprint density at radius 2 is 0.762 bits per heavy atom. The van der Waals surface area contributed by atoms with Crippen LogP contribution in [-0.4, -0.2) is 73.4 Å². The minimum Gasteiger partial charge on any atom is -0.387 e. The van der Waals surface area contributed by atoms with E-state index in [-0.39, 0.29) is 19.1 Å². The first-order valence-electron chi connectivity index (χ1n) is 33.6. The number of likely N-dealkylation sites (N-methyl/N-ethyl adjacent to an activating group) is 1. The Balaban J connectivity index is 4.16. The van der Waals surface area contributed by atoms with Crippen LogP contribution in [0.3, 0.4) is 0 Å². The van der Waals surface area contributed by atoms with E-state index in [1.54, 1.807) is 6.08 Å². The third-order valence-corrected chi connectivity index (χ3v) is 15.8. The SMILES string of the molecule is CC/C=C\C/C=C\C/C=C\C/C=C\C/C=C\C/C=C\CCCCCCCCCCCCCCC(=O)NC(COP(=O)(O)OCC[N+](C)(C)C)C(O)/C=C/CC/C=C/CCCCCCCCCCCCCCCCCCCCCCC. The second-order valence-electron chi connectivity index (χ2n) is 23.8. The molecule has 80 heavy (non-hydrogen) atoms. The lowest BCUT2D eigenvalue weighted by molar-refractivity contribution is -0.870. The van der Waals surface area contributed by atoms with Gasteiger partial charge >= 0.3 is 7.82 Å². The molecule has 464 valence electrons. The maximum atomic E-state index is 13.0. The first-order valence-corrected chi connectivity index (χ1v) is 35.1. The minimum absolute atomic E-state index is 0.0523. The highest BCUT2D eigenvalue weighted by atomic mass is 31.2. The number of carbonyl (C=O) groups excluding carboxylic acids is 1. The topological polar surface area (TPSA) is 105 Å². The Morgan fingerprint density at radius 3 is 1.15 bits per heavy atom. The Kier molecular flexibility index (Phi) is 59.0. The zero-order valence-electron chi connectivity index (χ0n) is 53.0. The van der Waals surface area contributed by atoms with Gasteiger partial charge in [0.05, 0.1) is 39.9 Å². The van der Waals surface area contributed by atoms with Crippen LogP contribution in [0.15, 0.2) is 97.2 Å². The van der Waals surface area contributed by atoms with E-state index >= 15 is 0 Å². The number of phosphoric acid groups is 1. The number of phosphoric ester groups is 1. The molecule has 0 aliphatic heterocycles. The van der Waals surface area contributed by atoms with Crippen molar-refractivity contribution in [2.24, 2.45) is 0 Å². The second kappa shape index (κ2) is 61.0. The summed E-state index contributed by atoms with van der Waals surface area (Å²) in [5, 5.41) is 14.0. The fourth-order valence-corrected chi connectivity index (χ4v) is 10.3. The lowest BCUT2D eigenvalue weighted by Gasteiger charge is -2.25. The molecule has 3 unspecified atom stereocenters. The molecule has 0 bridgehead atoms. The normalized spacial score (nSPS) is 14.3. The number of unbranched alkanes of at least 4 members (excludes halogenated alkanes) is 34. The lowest BCUT2D eigenvalue weighted by Crippen LogP contribution is -2.45. The molecular formula is C71H130N2O6P+. The fraction of sp³-hybridized carbons (Fsp3) is 0.761. The molecule has 8 nitrogen and oxygen atoms in total. The van der Waals surface area contributed by atoms with Crippen LogP contribution in [-0.2, 0) is 18.4 Å². The van der Waals surface area contributed by atoms with E-state index < -0.39 is 20.0 Å². The number of carbonyl (C=O) groups is 1. The zero-order chi connectivity index (χ0) is 58.4. The summed E-state index contributed by atoms with van der Waals surface area (Å²) in [4.78, 5) is 23.4. The van der Waals surface area contributed by atoms with Crippen LogP contribution in [0.1, 0.15) is 296 Å². The summed E-state index contributed by atoms with van der Waals surface area (Å²) in [5.74, 6) is -0.190. The number of rotatable bonds is 61. The van der Waals surface area contributed by atoms with Gasteiger partial charge in [0, 0.05) is 6.42 Å². The van der Waals surface area contributed by atoms with E-state index in [4.69, 9.17) is 9.05 Å². The monoisotopic (exact) mass is 1140 g/mol. The summed E-state index contributed by atoms with van der Waals surface area (Å²) in [6.45, 7) is 4.70. The van der Waals surface area contributed by atoms with Crippen LogP contribution in [0, 0.1) is 0 Å². The zero-order valence-corrected chi connectivity index (χ0v) is 53.9. The van der Waals surface area contributed by atoms with Gasteiger partial charge in [-0.25, -0.2) is 4.57 Å². The predicted molar refractivity (Wildman–Crippen MR) is 350 cm³/mol. The van der Waals surface area contributed by atoms with Crippen LogP contribution in [0.5, 0.6) is 0 Å². The minimum atomic E-state index is -4.37. The van der Waals surface area contributed by atoms with Gasteiger partial charge in [0.25, 0.3) is 0 Å². The van der Waals surface area contributed by atoms with Crippen molar-refractivity contribution in [3.05, 3.63) is 97.2 Å². The van der Waals surface area contributed by atoms with Crippen molar-refractivity contribution >= 4 is 13.7 Å². The van der Waals surface area contributed by atoms with Gasteiger partial charge in [-0.3, -0.25) is 13.8 Å². The van der Waals surface area contributed by atoms with Crippen molar-refractivity contribution in [1.29, 1.82) is 0 Å². The van der Waals surface area contributed by atoms with Gasteiger partial charge < -0.3 is 19.8 Å². The number of nitrogens with one attached hydrogen (secondary N) is 1. The molecule has 0 saturated carbocycles. The summed E-state index contributed by atoms with van der Waals surface area (Å²) in [7, 11) is 1.55. The van der Waals surface area contributed by atoms with Crippen molar-refractivity contribution in [2.45, 2.75) is 309 Å². The van der Waals surface area contributed by atoms with Gasteiger partial charge in [-0.1, -0.05) is 304 Å². The Morgan fingerprint density at radius 1 is 0.438 bits per heavy atom. The summed E-state index contributed by atoms with van der Waals surface area (Å²) in [5.41, 5.74) is 0. The third kappa shape index (κ3) is 63.0. The van der Waals surface area contributed by atoms with Crippen molar-refractivity contribution in [1.82, 2.24) is 5.32 Å². The molecule has 0 aromatic heterocycles. The van der Waals surface area contributed by atoms with E-state index in [0.29, 0.717) is 17.4 Å². The molecule has 0 radical (unpaired) electrons. The van der Waals surface area contributed by atoms with Gasteiger partial charge in [0.2, 0.25) is 5.91 Å². The average Bonchev–Trinajstić information content (AvgIpc) is 3.42. The number of allylic oxidation sites excluding steroid dienone is 15. The Bertz CT molecular complexity index is 1620. The number of nitrogens with zero attached hydrogens (tertiary/aromatic N) is 1. The van der Waals surface area contributed by atoms with Gasteiger partial charge in [0.15, 0.2) is 0 Å².